The van der Waals surface area contributed by atoms with Crippen LogP contribution in [0.3, 0.4) is 0 Å². The van der Waals surface area contributed by atoms with Gasteiger partial charge in [0.1, 0.15) is 9.84 Å². The van der Waals surface area contributed by atoms with E-state index in [0.717, 1.165) is 32.1 Å². The van der Waals surface area contributed by atoms with E-state index in [0.29, 0.717) is 12.0 Å². The van der Waals surface area contributed by atoms with Crippen molar-refractivity contribution < 1.29 is 8.42 Å². The van der Waals surface area contributed by atoms with Crippen molar-refractivity contribution in [3.05, 3.63) is 35.9 Å². The quantitative estimate of drug-likeness (QED) is 0.907. The third-order valence-corrected chi connectivity index (χ3v) is 6.15. The minimum absolute atomic E-state index is 0.145. The molecular weight excluding hydrogens is 270 g/mol. The molecular formula is C16H25NO2S. The fourth-order valence-electron chi connectivity index (χ4n) is 3.31. The molecule has 0 saturated heterocycles. The Morgan fingerprint density at radius 1 is 1.25 bits per heavy atom. The second-order valence-electron chi connectivity index (χ2n) is 5.96. The fourth-order valence-corrected chi connectivity index (χ4v) is 4.50. The number of rotatable bonds is 5. The van der Waals surface area contributed by atoms with Crippen molar-refractivity contribution in [1.29, 1.82) is 0 Å². The number of sulfone groups is 1. The standard InChI is InChI=1S/C16H25NO2S/c1-17-16(11-13-7-4-3-5-8-13)14-9-6-10-15(12-14)20(2,18)19/h3-5,7-8,14-17H,6,9-12H2,1-2H3. The summed E-state index contributed by atoms with van der Waals surface area (Å²) in [6.07, 6.45) is 6.14. The molecule has 1 N–H and O–H groups in total. The van der Waals surface area contributed by atoms with E-state index in [1.807, 2.05) is 13.1 Å². The predicted molar refractivity (Wildman–Crippen MR) is 83.6 cm³/mol. The maximum absolute atomic E-state index is 11.8. The monoisotopic (exact) mass is 295 g/mol. The zero-order valence-electron chi connectivity index (χ0n) is 12.4. The van der Waals surface area contributed by atoms with E-state index < -0.39 is 9.84 Å². The van der Waals surface area contributed by atoms with Crippen LogP contribution < -0.4 is 5.32 Å². The van der Waals surface area contributed by atoms with Crippen LogP contribution in [0.15, 0.2) is 30.3 Å². The van der Waals surface area contributed by atoms with Crippen LogP contribution in [-0.2, 0) is 16.3 Å². The van der Waals surface area contributed by atoms with Crippen LogP contribution in [0.1, 0.15) is 31.2 Å². The summed E-state index contributed by atoms with van der Waals surface area (Å²) in [6, 6.07) is 10.8. The molecule has 3 unspecified atom stereocenters. The molecule has 0 bridgehead atoms. The molecule has 1 aliphatic rings. The summed E-state index contributed by atoms with van der Waals surface area (Å²) >= 11 is 0. The SMILES string of the molecule is CNC(Cc1ccccc1)C1CCCC(S(C)(=O)=O)C1. The van der Waals surface area contributed by atoms with Gasteiger partial charge in [-0.1, -0.05) is 36.8 Å². The molecule has 1 saturated carbocycles. The Bertz CT molecular complexity index is 513. The first-order chi connectivity index (χ1) is 9.50. The third-order valence-electron chi connectivity index (χ3n) is 4.51. The van der Waals surface area contributed by atoms with Gasteiger partial charge in [0.05, 0.1) is 5.25 Å². The van der Waals surface area contributed by atoms with Gasteiger partial charge in [0.25, 0.3) is 0 Å². The maximum atomic E-state index is 11.8. The van der Waals surface area contributed by atoms with Crippen molar-refractivity contribution in [1.82, 2.24) is 5.32 Å². The molecule has 1 fully saturated rings. The summed E-state index contributed by atoms with van der Waals surface area (Å²) < 4.78 is 23.6. The van der Waals surface area contributed by atoms with Crippen molar-refractivity contribution in [3.8, 4) is 0 Å². The van der Waals surface area contributed by atoms with Gasteiger partial charge in [0.2, 0.25) is 0 Å². The van der Waals surface area contributed by atoms with Crippen LogP contribution >= 0.6 is 0 Å². The summed E-state index contributed by atoms with van der Waals surface area (Å²) in [5.74, 6) is 0.452. The van der Waals surface area contributed by atoms with Crippen LogP contribution in [0.25, 0.3) is 0 Å². The second kappa shape index (κ2) is 6.72. The molecule has 0 radical (unpaired) electrons. The number of hydrogen-bond donors (Lipinski definition) is 1. The van der Waals surface area contributed by atoms with Crippen molar-refractivity contribution in [2.24, 2.45) is 5.92 Å². The van der Waals surface area contributed by atoms with Crippen molar-refractivity contribution in [2.45, 2.75) is 43.4 Å². The molecule has 1 aromatic rings. The molecule has 1 aromatic carbocycles. The molecule has 3 nitrogen and oxygen atoms in total. The highest BCUT2D eigenvalue weighted by molar-refractivity contribution is 7.91. The number of hydrogen-bond acceptors (Lipinski definition) is 3. The van der Waals surface area contributed by atoms with Gasteiger partial charge < -0.3 is 5.32 Å². The lowest BCUT2D eigenvalue weighted by Crippen LogP contribution is -2.40. The lowest BCUT2D eigenvalue weighted by molar-refractivity contribution is 0.278. The Morgan fingerprint density at radius 2 is 1.95 bits per heavy atom. The molecule has 4 heteroatoms. The molecule has 0 aliphatic heterocycles. The Labute approximate surface area is 122 Å². The summed E-state index contributed by atoms with van der Waals surface area (Å²) in [6.45, 7) is 0. The Kier molecular flexibility index (Phi) is 5.22. The van der Waals surface area contributed by atoms with Crippen LogP contribution in [-0.4, -0.2) is 33.0 Å². The smallest absolute Gasteiger partial charge is 0.150 e. The number of nitrogens with one attached hydrogen (secondary N) is 1. The molecule has 0 amide bonds. The third kappa shape index (κ3) is 4.06. The Hall–Kier alpha value is -0.870. The van der Waals surface area contributed by atoms with Gasteiger partial charge in [0, 0.05) is 12.3 Å². The van der Waals surface area contributed by atoms with E-state index in [9.17, 15) is 8.42 Å². The lowest BCUT2D eigenvalue weighted by atomic mass is 9.81. The Balaban J connectivity index is 2.04. The number of benzene rings is 1. The van der Waals surface area contributed by atoms with Crippen LogP contribution in [0.2, 0.25) is 0 Å². The van der Waals surface area contributed by atoms with E-state index in [-0.39, 0.29) is 5.25 Å². The van der Waals surface area contributed by atoms with Gasteiger partial charge in [-0.3, -0.25) is 0 Å². The second-order valence-corrected chi connectivity index (χ2v) is 8.29. The summed E-state index contributed by atoms with van der Waals surface area (Å²) in [7, 11) is -0.917. The van der Waals surface area contributed by atoms with Crippen molar-refractivity contribution >= 4 is 9.84 Å². The van der Waals surface area contributed by atoms with Crippen LogP contribution in [0.5, 0.6) is 0 Å². The minimum Gasteiger partial charge on any atom is -0.316 e. The average molecular weight is 295 g/mol. The molecule has 112 valence electrons. The lowest BCUT2D eigenvalue weighted by Gasteiger charge is -2.34. The van der Waals surface area contributed by atoms with E-state index >= 15 is 0 Å². The summed E-state index contributed by atoms with van der Waals surface area (Å²) in [5.41, 5.74) is 1.31. The highest BCUT2D eigenvalue weighted by Gasteiger charge is 2.32. The van der Waals surface area contributed by atoms with Gasteiger partial charge in [-0.25, -0.2) is 8.42 Å². The molecule has 0 aromatic heterocycles. The topological polar surface area (TPSA) is 46.2 Å². The molecule has 20 heavy (non-hydrogen) atoms. The normalized spacial score (nSPS) is 25.3. The molecule has 2 rings (SSSR count). The van der Waals surface area contributed by atoms with Gasteiger partial charge in [0.15, 0.2) is 0 Å². The maximum Gasteiger partial charge on any atom is 0.150 e. The van der Waals surface area contributed by atoms with E-state index in [2.05, 4.69) is 29.6 Å². The van der Waals surface area contributed by atoms with Gasteiger partial charge in [-0.05, 0) is 44.2 Å². The first-order valence-corrected chi connectivity index (χ1v) is 9.36. The average Bonchev–Trinajstić information content (AvgIpc) is 2.45. The molecule has 0 heterocycles. The van der Waals surface area contributed by atoms with Gasteiger partial charge in [-0.15, -0.1) is 0 Å². The van der Waals surface area contributed by atoms with Crippen LogP contribution in [0, 0.1) is 5.92 Å². The largest absolute Gasteiger partial charge is 0.316 e. The van der Waals surface area contributed by atoms with Crippen molar-refractivity contribution in [3.63, 3.8) is 0 Å². The molecule has 1 aliphatic carbocycles. The van der Waals surface area contributed by atoms with E-state index in [4.69, 9.17) is 0 Å². The van der Waals surface area contributed by atoms with E-state index in [1.54, 1.807) is 0 Å². The fraction of sp³-hybridized carbons (Fsp3) is 0.625. The van der Waals surface area contributed by atoms with Crippen molar-refractivity contribution in [2.75, 3.05) is 13.3 Å². The van der Waals surface area contributed by atoms with Crippen LogP contribution in [0.4, 0.5) is 0 Å². The summed E-state index contributed by atoms with van der Waals surface area (Å²) in [4.78, 5) is 0. The van der Waals surface area contributed by atoms with E-state index in [1.165, 1.54) is 11.8 Å². The zero-order valence-corrected chi connectivity index (χ0v) is 13.2. The summed E-state index contributed by atoms with van der Waals surface area (Å²) in [5, 5.41) is 3.25. The van der Waals surface area contributed by atoms with Gasteiger partial charge in [-0.2, -0.15) is 0 Å². The first kappa shape index (κ1) is 15.5. The predicted octanol–water partition coefficient (Wildman–Crippen LogP) is 2.42. The minimum atomic E-state index is -2.90. The molecule has 3 atom stereocenters. The highest BCUT2D eigenvalue weighted by atomic mass is 32.2. The zero-order chi connectivity index (χ0) is 14.6. The number of likely N-dealkylation sites (N-methyl/N-ethyl adjacent to an activating group) is 1. The highest BCUT2D eigenvalue weighted by Crippen LogP contribution is 2.31. The van der Waals surface area contributed by atoms with Gasteiger partial charge >= 0.3 is 0 Å². The molecule has 0 spiro atoms. The Morgan fingerprint density at radius 3 is 2.55 bits per heavy atom. The first-order valence-electron chi connectivity index (χ1n) is 7.40.